The molecule has 24 heavy (non-hydrogen) atoms. The Morgan fingerprint density at radius 3 is 2.71 bits per heavy atom. The smallest absolute Gasteiger partial charge is 0.376 e. The Kier molecular flexibility index (Phi) is 6.68. The lowest BCUT2D eigenvalue weighted by Gasteiger charge is -2.40. The van der Waals surface area contributed by atoms with Crippen LogP contribution in [0.15, 0.2) is 11.0 Å². The van der Waals surface area contributed by atoms with Crippen molar-refractivity contribution in [3.63, 3.8) is 0 Å². The van der Waals surface area contributed by atoms with Crippen LogP contribution in [0.5, 0.6) is 0 Å². The van der Waals surface area contributed by atoms with Gasteiger partial charge in [-0.15, -0.1) is 22.0 Å². The molecule has 0 radical (unpaired) electrons. The quantitative estimate of drug-likeness (QED) is 0.425. The van der Waals surface area contributed by atoms with Gasteiger partial charge in [0.05, 0.1) is 0 Å². The molecule has 1 aromatic rings. The average Bonchev–Trinajstić information content (AvgIpc) is 2.82. The van der Waals surface area contributed by atoms with Crippen LogP contribution in [-0.2, 0) is 0 Å². The maximum atomic E-state index is 9.91. The van der Waals surface area contributed by atoms with E-state index in [4.69, 9.17) is 23.2 Å². The highest BCUT2D eigenvalue weighted by Gasteiger charge is 2.43. The van der Waals surface area contributed by atoms with Gasteiger partial charge >= 0.3 is 7.05 Å². The Hall–Kier alpha value is -0.0451. The number of nitrogens with zero attached hydrogens (tertiary/aromatic N) is 3. The van der Waals surface area contributed by atoms with Gasteiger partial charge in [-0.05, 0) is 57.3 Å². The minimum absolute atomic E-state index is 0.314. The summed E-state index contributed by atoms with van der Waals surface area (Å²) in [4.78, 5) is 3.19. The van der Waals surface area contributed by atoms with E-state index in [9.17, 15) is 5.02 Å². The normalized spacial score (nSPS) is 26.8. The van der Waals surface area contributed by atoms with Crippen molar-refractivity contribution in [3.05, 3.63) is 16.4 Å². The molecule has 1 aromatic heterocycles. The number of hydrogen-bond acceptors (Lipinski definition) is 6. The summed E-state index contributed by atoms with van der Waals surface area (Å²) < 4.78 is 0. The molecule has 2 aliphatic rings. The molecular formula is C15H23BCl2N4OS. The monoisotopic (exact) mass is 388 g/mol. The molecule has 132 valence electrons. The fraction of sp³-hybridized carbons (Fsp3) is 0.733. The molecule has 0 aromatic carbocycles. The summed E-state index contributed by atoms with van der Waals surface area (Å²) >= 11 is 13.5. The molecule has 3 heterocycles. The Morgan fingerprint density at radius 1 is 1.33 bits per heavy atom. The van der Waals surface area contributed by atoms with Crippen molar-refractivity contribution in [1.29, 1.82) is 0 Å². The Balaban J connectivity index is 1.37. The van der Waals surface area contributed by atoms with Crippen LogP contribution in [0, 0.1) is 0 Å². The minimum atomic E-state index is -0.314. The number of fused-ring (bicyclic) bond motifs is 2. The van der Waals surface area contributed by atoms with E-state index in [0.717, 1.165) is 36.5 Å². The van der Waals surface area contributed by atoms with E-state index in [2.05, 4.69) is 20.3 Å². The van der Waals surface area contributed by atoms with E-state index >= 15 is 0 Å². The molecule has 2 bridgehead atoms. The first-order chi connectivity index (χ1) is 11.5. The zero-order valence-electron chi connectivity index (χ0n) is 13.8. The SMILES string of the molecule is CB(O)N1[C@@H]2CC[C@H]1C[C@H](NCCCSc1cc(Cl)nnc1Cl)C2. The molecule has 0 saturated carbocycles. The molecule has 2 N–H and O–H groups in total. The first-order valence-electron chi connectivity index (χ1n) is 8.55. The molecule has 3 rings (SSSR count). The summed E-state index contributed by atoms with van der Waals surface area (Å²) in [6.45, 7) is 2.89. The zero-order chi connectivity index (χ0) is 17.1. The third-order valence-corrected chi connectivity index (χ3v) is 6.61. The number of aromatic nitrogens is 2. The second-order valence-electron chi connectivity index (χ2n) is 6.61. The van der Waals surface area contributed by atoms with Gasteiger partial charge in [0, 0.05) is 23.0 Å². The topological polar surface area (TPSA) is 61.3 Å². The Labute approximate surface area is 158 Å². The van der Waals surface area contributed by atoms with Crippen LogP contribution in [0.25, 0.3) is 0 Å². The highest BCUT2D eigenvalue weighted by molar-refractivity contribution is 7.99. The summed E-state index contributed by atoms with van der Waals surface area (Å²) in [7, 11) is -0.314. The maximum Gasteiger partial charge on any atom is 0.376 e. The number of rotatable bonds is 7. The molecular weight excluding hydrogens is 366 g/mol. The van der Waals surface area contributed by atoms with Crippen LogP contribution in [0.1, 0.15) is 32.1 Å². The van der Waals surface area contributed by atoms with Gasteiger partial charge in [-0.3, -0.25) is 0 Å². The maximum absolute atomic E-state index is 9.91. The van der Waals surface area contributed by atoms with Crippen molar-refractivity contribution in [3.8, 4) is 0 Å². The largest absolute Gasteiger partial charge is 0.437 e. The second kappa shape index (κ2) is 8.56. The van der Waals surface area contributed by atoms with Gasteiger partial charge in [-0.25, -0.2) is 0 Å². The van der Waals surface area contributed by atoms with Gasteiger partial charge in [0.2, 0.25) is 0 Å². The highest BCUT2D eigenvalue weighted by Crippen LogP contribution is 2.36. The zero-order valence-corrected chi connectivity index (χ0v) is 16.1. The van der Waals surface area contributed by atoms with E-state index in [-0.39, 0.29) is 7.05 Å². The van der Waals surface area contributed by atoms with E-state index in [1.807, 2.05) is 6.82 Å². The number of hydrogen-bond donors (Lipinski definition) is 2. The van der Waals surface area contributed by atoms with Crippen molar-refractivity contribution in [2.75, 3.05) is 12.3 Å². The van der Waals surface area contributed by atoms with E-state index in [0.29, 0.717) is 28.4 Å². The van der Waals surface area contributed by atoms with Crippen molar-refractivity contribution >= 4 is 42.0 Å². The molecule has 0 unspecified atom stereocenters. The van der Waals surface area contributed by atoms with Gasteiger partial charge in [0.15, 0.2) is 10.3 Å². The van der Waals surface area contributed by atoms with Crippen LogP contribution in [0.2, 0.25) is 17.1 Å². The Bertz CT molecular complexity index is 554. The second-order valence-corrected chi connectivity index (χ2v) is 8.49. The van der Waals surface area contributed by atoms with Gasteiger partial charge in [0.1, 0.15) is 0 Å². The Morgan fingerprint density at radius 2 is 2.04 bits per heavy atom. The molecule has 0 amide bonds. The highest BCUT2D eigenvalue weighted by atomic mass is 35.5. The standard InChI is InChI=1S/C15H23BCl2N4OS/c1-16(23)22-11-3-4-12(22)8-10(7-11)19-5-2-6-24-13-9-14(17)20-21-15(13)18/h9-12,19,23H,2-8H2,1H3/t10-,11-,12+. The molecule has 5 nitrogen and oxygen atoms in total. The fourth-order valence-electron chi connectivity index (χ4n) is 3.99. The summed E-state index contributed by atoms with van der Waals surface area (Å²) in [6, 6.07) is 3.42. The molecule has 3 atom stereocenters. The van der Waals surface area contributed by atoms with Gasteiger partial charge < -0.3 is 15.2 Å². The van der Waals surface area contributed by atoms with Crippen molar-refractivity contribution in [2.45, 2.75) is 61.9 Å². The molecule has 2 saturated heterocycles. The van der Waals surface area contributed by atoms with E-state index in [1.165, 1.54) is 12.8 Å². The molecule has 2 aliphatic heterocycles. The van der Waals surface area contributed by atoms with Gasteiger partial charge in [-0.2, -0.15) is 0 Å². The lowest BCUT2D eigenvalue weighted by molar-refractivity contribution is 0.185. The minimum Gasteiger partial charge on any atom is -0.437 e. The van der Waals surface area contributed by atoms with Crippen molar-refractivity contribution < 1.29 is 5.02 Å². The molecule has 2 fully saturated rings. The summed E-state index contributed by atoms with van der Waals surface area (Å²) in [5.74, 6) is 0.966. The van der Waals surface area contributed by atoms with Crippen molar-refractivity contribution in [1.82, 2.24) is 20.3 Å². The van der Waals surface area contributed by atoms with E-state index in [1.54, 1.807) is 17.8 Å². The third-order valence-electron chi connectivity index (χ3n) is 4.92. The van der Waals surface area contributed by atoms with Gasteiger partial charge in [-0.1, -0.05) is 23.2 Å². The fourth-order valence-corrected chi connectivity index (χ4v) is 5.32. The molecule has 0 spiro atoms. The molecule has 9 heteroatoms. The average molecular weight is 389 g/mol. The summed E-state index contributed by atoms with van der Waals surface area (Å²) in [6.07, 6.45) is 5.79. The predicted molar refractivity (Wildman–Crippen MR) is 101 cm³/mol. The van der Waals surface area contributed by atoms with Crippen LogP contribution in [-0.4, -0.2) is 57.5 Å². The summed E-state index contributed by atoms with van der Waals surface area (Å²) in [5.41, 5.74) is 0. The number of nitrogens with one attached hydrogen (secondary N) is 1. The third kappa shape index (κ3) is 4.56. The number of halogens is 2. The van der Waals surface area contributed by atoms with Crippen LogP contribution < -0.4 is 5.32 Å². The van der Waals surface area contributed by atoms with Crippen LogP contribution in [0.4, 0.5) is 0 Å². The lowest BCUT2D eigenvalue weighted by atomic mass is 9.78. The number of piperidine rings is 1. The van der Waals surface area contributed by atoms with Crippen molar-refractivity contribution in [2.24, 2.45) is 0 Å². The number of thioether (sulfide) groups is 1. The lowest BCUT2D eigenvalue weighted by Crippen LogP contribution is -2.54. The predicted octanol–water partition coefficient (Wildman–Crippen LogP) is 2.96. The molecule has 0 aliphatic carbocycles. The summed E-state index contributed by atoms with van der Waals surface area (Å²) in [5, 5.41) is 21.9. The first-order valence-corrected chi connectivity index (χ1v) is 10.3. The van der Waals surface area contributed by atoms with Gasteiger partial charge in [0.25, 0.3) is 0 Å². The van der Waals surface area contributed by atoms with Crippen LogP contribution in [0.3, 0.4) is 0 Å². The van der Waals surface area contributed by atoms with E-state index < -0.39 is 0 Å². The first kappa shape index (κ1) is 18.7. The van der Waals surface area contributed by atoms with Crippen LogP contribution >= 0.6 is 35.0 Å².